The summed E-state index contributed by atoms with van der Waals surface area (Å²) in [6.07, 6.45) is 0. The van der Waals surface area contributed by atoms with Gasteiger partial charge in [-0.15, -0.1) is 0 Å². The number of aromatic nitrogens is 3. The third-order valence-corrected chi connectivity index (χ3v) is 7.77. The average Bonchev–Trinajstić information content (AvgIpc) is 3.67. The molecule has 5 aromatic carbocycles. The van der Waals surface area contributed by atoms with Crippen molar-refractivity contribution in [3.8, 4) is 27.6 Å². The van der Waals surface area contributed by atoms with Crippen LogP contribution in [0, 0.1) is 0 Å². The van der Waals surface area contributed by atoms with Crippen molar-refractivity contribution in [2.24, 2.45) is 0 Å². The monoisotopic (exact) mass is 493 g/mol. The van der Waals surface area contributed by atoms with E-state index in [0.29, 0.717) is 5.82 Å². The maximum atomic E-state index is 6.22. The maximum Gasteiger partial charge on any atom is 0.177 e. The van der Waals surface area contributed by atoms with Gasteiger partial charge in [0.05, 0.1) is 16.6 Å². The van der Waals surface area contributed by atoms with Crippen LogP contribution in [0.4, 0.5) is 0 Å². The Bertz CT molecular complexity index is 2060. The number of para-hydroxylation sites is 4. The molecule has 0 bridgehead atoms. The van der Waals surface area contributed by atoms with Crippen LogP contribution >= 0.6 is 11.5 Å². The molecular formula is C32H19N3OS. The first-order valence-corrected chi connectivity index (χ1v) is 13.0. The van der Waals surface area contributed by atoms with E-state index in [1.165, 1.54) is 33.3 Å². The number of nitrogens with zero attached hydrogens (tertiary/aromatic N) is 3. The molecular weight excluding hydrogens is 474 g/mol. The molecule has 0 unspecified atom stereocenters. The van der Waals surface area contributed by atoms with Gasteiger partial charge in [-0.25, -0.2) is 4.98 Å². The van der Waals surface area contributed by atoms with Crippen LogP contribution in [0.2, 0.25) is 0 Å². The van der Waals surface area contributed by atoms with Gasteiger partial charge in [-0.3, -0.25) is 0 Å². The molecule has 0 N–H and O–H groups in total. The fourth-order valence-corrected chi connectivity index (χ4v) is 6.02. The lowest BCUT2D eigenvalue weighted by Gasteiger charge is -2.09. The second-order valence-electron chi connectivity index (χ2n) is 9.12. The molecule has 174 valence electrons. The van der Waals surface area contributed by atoms with E-state index in [4.69, 9.17) is 13.8 Å². The van der Waals surface area contributed by atoms with Crippen molar-refractivity contribution in [3.05, 3.63) is 115 Å². The van der Waals surface area contributed by atoms with E-state index >= 15 is 0 Å². The molecule has 4 nitrogen and oxygen atoms in total. The summed E-state index contributed by atoms with van der Waals surface area (Å²) in [7, 11) is 0. The van der Waals surface area contributed by atoms with E-state index in [1.807, 2.05) is 30.3 Å². The minimum atomic E-state index is 0.687. The van der Waals surface area contributed by atoms with Crippen molar-refractivity contribution in [2.75, 3.05) is 0 Å². The fraction of sp³-hybridized carbons (Fsp3) is 0. The summed E-state index contributed by atoms with van der Waals surface area (Å²) in [5, 5.41) is 5.57. The molecule has 0 fully saturated rings. The number of rotatable bonds is 3. The molecule has 0 atom stereocenters. The molecule has 3 heterocycles. The van der Waals surface area contributed by atoms with Crippen molar-refractivity contribution in [2.45, 2.75) is 0 Å². The Balaban J connectivity index is 1.26. The van der Waals surface area contributed by atoms with Gasteiger partial charge in [0.2, 0.25) is 0 Å². The molecule has 0 radical (unpaired) electrons. The lowest BCUT2D eigenvalue weighted by atomic mass is 10.1. The lowest BCUT2D eigenvalue weighted by Crippen LogP contribution is -1.94. The molecule has 0 amide bonds. The zero-order chi connectivity index (χ0) is 24.3. The Morgan fingerprint density at radius 2 is 1.30 bits per heavy atom. The van der Waals surface area contributed by atoms with E-state index in [1.54, 1.807) is 0 Å². The van der Waals surface area contributed by atoms with Crippen molar-refractivity contribution < 1.29 is 4.42 Å². The van der Waals surface area contributed by atoms with Crippen LogP contribution in [-0.2, 0) is 0 Å². The van der Waals surface area contributed by atoms with Crippen LogP contribution in [0.15, 0.2) is 120 Å². The van der Waals surface area contributed by atoms with E-state index < -0.39 is 0 Å². The first-order valence-electron chi connectivity index (χ1n) is 12.2. The summed E-state index contributed by atoms with van der Waals surface area (Å²) < 4.78 is 13.3. The molecule has 0 spiro atoms. The van der Waals surface area contributed by atoms with Crippen molar-refractivity contribution >= 4 is 55.3 Å². The second kappa shape index (κ2) is 7.88. The van der Waals surface area contributed by atoms with Gasteiger partial charge in [0, 0.05) is 32.8 Å². The van der Waals surface area contributed by atoms with Gasteiger partial charge in [-0.1, -0.05) is 78.9 Å². The van der Waals surface area contributed by atoms with Crippen LogP contribution in [0.3, 0.4) is 0 Å². The Kier molecular flexibility index (Phi) is 4.36. The van der Waals surface area contributed by atoms with Gasteiger partial charge in [-0.05, 0) is 47.9 Å². The predicted molar refractivity (Wildman–Crippen MR) is 152 cm³/mol. The highest BCUT2D eigenvalue weighted by molar-refractivity contribution is 7.09. The van der Waals surface area contributed by atoms with Crippen LogP contribution in [0.5, 0.6) is 0 Å². The number of fused-ring (bicyclic) bond motifs is 6. The van der Waals surface area contributed by atoms with Crippen molar-refractivity contribution in [3.63, 3.8) is 0 Å². The molecule has 37 heavy (non-hydrogen) atoms. The van der Waals surface area contributed by atoms with Crippen LogP contribution in [-0.4, -0.2) is 13.9 Å². The lowest BCUT2D eigenvalue weighted by molar-refractivity contribution is 0.669. The molecule has 8 rings (SSSR count). The second-order valence-corrected chi connectivity index (χ2v) is 9.88. The minimum absolute atomic E-state index is 0.687. The summed E-state index contributed by atoms with van der Waals surface area (Å²) >= 11 is 1.41. The Hall–Kier alpha value is -4.74. The quantitative estimate of drug-likeness (QED) is 0.247. The Morgan fingerprint density at radius 3 is 2.11 bits per heavy atom. The maximum absolute atomic E-state index is 6.22. The smallest absolute Gasteiger partial charge is 0.177 e. The fourth-order valence-electron chi connectivity index (χ4n) is 5.35. The number of furan rings is 1. The molecule has 0 aliphatic carbocycles. The molecule has 3 aromatic heterocycles. The molecule has 0 saturated heterocycles. The van der Waals surface area contributed by atoms with E-state index in [-0.39, 0.29) is 0 Å². The average molecular weight is 494 g/mol. The summed E-state index contributed by atoms with van der Waals surface area (Å²) in [5.74, 6) is 0.687. The van der Waals surface area contributed by atoms with Crippen LogP contribution < -0.4 is 0 Å². The Labute approximate surface area is 216 Å². The van der Waals surface area contributed by atoms with Crippen LogP contribution in [0.25, 0.3) is 71.4 Å². The summed E-state index contributed by atoms with van der Waals surface area (Å²) in [6.45, 7) is 0. The molecule has 0 aliphatic heterocycles. The molecule has 0 aliphatic rings. The number of benzene rings is 5. The first-order chi connectivity index (χ1) is 18.3. The summed E-state index contributed by atoms with van der Waals surface area (Å²) in [6, 6.07) is 39.9. The summed E-state index contributed by atoms with van der Waals surface area (Å²) in [5.41, 5.74) is 7.14. The highest BCUT2D eigenvalue weighted by Crippen LogP contribution is 2.37. The predicted octanol–water partition coefficient (Wildman–Crippen LogP) is 8.87. The van der Waals surface area contributed by atoms with Gasteiger partial charge in [0.25, 0.3) is 0 Å². The van der Waals surface area contributed by atoms with Crippen molar-refractivity contribution in [1.29, 1.82) is 0 Å². The number of hydrogen-bond acceptors (Lipinski definition) is 4. The highest BCUT2D eigenvalue weighted by Gasteiger charge is 2.17. The van der Waals surface area contributed by atoms with Gasteiger partial charge in [0.1, 0.15) is 16.2 Å². The van der Waals surface area contributed by atoms with Crippen molar-refractivity contribution in [1.82, 2.24) is 13.9 Å². The zero-order valence-electron chi connectivity index (χ0n) is 19.6. The standard InChI is InChI=1S/C32H19N3OS/c1-4-16-27-22(11-1)23-12-2-5-17-28(23)35(27)21-10-7-9-20(19-21)32-33-31(34-37-32)26-15-8-14-25-24-13-3-6-18-29(24)36-30(25)26/h1-19H. The van der Waals surface area contributed by atoms with Gasteiger partial charge < -0.3 is 8.98 Å². The molecule has 5 heteroatoms. The molecule has 8 aromatic rings. The third-order valence-electron chi connectivity index (χ3n) is 7.00. The Morgan fingerprint density at radius 1 is 0.622 bits per heavy atom. The van der Waals surface area contributed by atoms with Gasteiger partial charge in [0.15, 0.2) is 5.82 Å². The van der Waals surface area contributed by atoms with Gasteiger partial charge >= 0.3 is 0 Å². The summed E-state index contributed by atoms with van der Waals surface area (Å²) in [4.78, 5) is 4.96. The topological polar surface area (TPSA) is 43.9 Å². The largest absolute Gasteiger partial charge is 0.455 e. The number of hydrogen-bond donors (Lipinski definition) is 0. The normalized spacial score (nSPS) is 11.8. The minimum Gasteiger partial charge on any atom is -0.455 e. The SMILES string of the molecule is c1cc(-c2nc(-c3cccc4c3oc3ccccc34)ns2)cc(-n2c3ccccc3c3ccccc32)c1. The van der Waals surface area contributed by atoms with Gasteiger partial charge in [-0.2, -0.15) is 4.37 Å². The highest BCUT2D eigenvalue weighted by atomic mass is 32.1. The van der Waals surface area contributed by atoms with E-state index in [9.17, 15) is 0 Å². The molecule has 0 saturated carbocycles. The van der Waals surface area contributed by atoms with E-state index in [0.717, 1.165) is 43.8 Å². The van der Waals surface area contributed by atoms with E-state index in [2.05, 4.69) is 89.5 Å². The zero-order valence-corrected chi connectivity index (χ0v) is 20.4. The first kappa shape index (κ1) is 20.5. The van der Waals surface area contributed by atoms with Crippen LogP contribution in [0.1, 0.15) is 0 Å². The third kappa shape index (κ3) is 3.08.